The van der Waals surface area contributed by atoms with E-state index in [0.29, 0.717) is 12.5 Å². The van der Waals surface area contributed by atoms with Crippen molar-refractivity contribution in [2.45, 2.75) is 25.3 Å². The first-order valence-electron chi connectivity index (χ1n) is 8.66. The van der Waals surface area contributed by atoms with Crippen LogP contribution in [0.3, 0.4) is 0 Å². The van der Waals surface area contributed by atoms with Crippen LogP contribution in [0.2, 0.25) is 0 Å². The molecule has 1 fully saturated rings. The van der Waals surface area contributed by atoms with Crippen molar-refractivity contribution in [1.82, 2.24) is 24.6 Å². The normalized spacial score (nSPS) is 17.8. The number of nitrogens with zero attached hydrogens (tertiary/aromatic N) is 5. The zero-order valence-electron chi connectivity index (χ0n) is 15.1. The second-order valence-corrected chi connectivity index (χ2v) is 6.90. The van der Waals surface area contributed by atoms with Gasteiger partial charge in [0.15, 0.2) is 0 Å². The highest BCUT2D eigenvalue weighted by atomic mass is 16.2. The molecule has 7 heteroatoms. The number of rotatable bonds is 4. The first-order valence-corrected chi connectivity index (χ1v) is 8.66. The monoisotopic (exact) mass is 342 g/mol. The van der Waals surface area contributed by atoms with Crippen molar-refractivity contribution >= 4 is 11.7 Å². The summed E-state index contributed by atoms with van der Waals surface area (Å²) in [7, 11) is 5.92. The molecule has 0 spiro atoms. The van der Waals surface area contributed by atoms with Crippen molar-refractivity contribution in [3.63, 3.8) is 0 Å². The molecule has 2 aromatic rings. The molecule has 1 aliphatic rings. The van der Waals surface area contributed by atoms with Crippen molar-refractivity contribution in [2.75, 3.05) is 32.5 Å². The zero-order chi connectivity index (χ0) is 17.8. The second-order valence-electron chi connectivity index (χ2n) is 6.90. The number of amides is 2. The lowest BCUT2D eigenvalue weighted by molar-refractivity contribution is 0.192. The molecule has 1 atom stereocenters. The van der Waals surface area contributed by atoms with Gasteiger partial charge >= 0.3 is 6.03 Å². The Morgan fingerprint density at radius 1 is 1.40 bits per heavy atom. The maximum atomic E-state index is 12.6. The van der Waals surface area contributed by atoms with Crippen LogP contribution in [0.25, 0.3) is 0 Å². The van der Waals surface area contributed by atoms with Gasteiger partial charge in [-0.2, -0.15) is 5.10 Å². The van der Waals surface area contributed by atoms with E-state index in [1.165, 1.54) is 0 Å². The lowest BCUT2D eigenvalue weighted by Gasteiger charge is -2.32. The molecule has 3 heterocycles. The highest BCUT2D eigenvalue weighted by Gasteiger charge is 2.26. The number of pyridine rings is 1. The lowest BCUT2D eigenvalue weighted by Crippen LogP contribution is -2.41. The Morgan fingerprint density at radius 2 is 2.24 bits per heavy atom. The van der Waals surface area contributed by atoms with Gasteiger partial charge in [0.05, 0.1) is 11.4 Å². The fourth-order valence-corrected chi connectivity index (χ4v) is 3.22. The highest BCUT2D eigenvalue weighted by molar-refractivity contribution is 5.89. The molecule has 3 rings (SSSR count). The molecule has 0 bridgehead atoms. The molecule has 0 saturated carbocycles. The van der Waals surface area contributed by atoms with Crippen LogP contribution in [0, 0.1) is 0 Å². The maximum Gasteiger partial charge on any atom is 0.321 e. The predicted molar refractivity (Wildman–Crippen MR) is 97.4 cm³/mol. The fourth-order valence-electron chi connectivity index (χ4n) is 3.22. The summed E-state index contributed by atoms with van der Waals surface area (Å²) < 4.78 is 1.82. The van der Waals surface area contributed by atoms with Crippen molar-refractivity contribution < 1.29 is 4.79 Å². The molecule has 2 aromatic heterocycles. The summed E-state index contributed by atoms with van der Waals surface area (Å²) in [5.74, 6) is 0.308. The summed E-state index contributed by atoms with van der Waals surface area (Å²) in [5.41, 5.74) is 2.79. The van der Waals surface area contributed by atoms with E-state index in [0.717, 1.165) is 43.0 Å². The summed E-state index contributed by atoms with van der Waals surface area (Å²) in [6.45, 7) is 2.23. The molecule has 0 aliphatic carbocycles. The Balaban J connectivity index is 1.62. The van der Waals surface area contributed by atoms with Crippen molar-refractivity contribution in [2.24, 2.45) is 7.05 Å². The smallest absolute Gasteiger partial charge is 0.321 e. The molecule has 25 heavy (non-hydrogen) atoms. The summed E-state index contributed by atoms with van der Waals surface area (Å²) in [6, 6.07) is 5.75. The van der Waals surface area contributed by atoms with Crippen LogP contribution in [0.5, 0.6) is 0 Å². The minimum atomic E-state index is -0.0531. The number of hydrogen-bond acceptors (Lipinski definition) is 4. The van der Waals surface area contributed by atoms with E-state index in [2.05, 4.69) is 20.3 Å². The van der Waals surface area contributed by atoms with Crippen LogP contribution < -0.4 is 5.32 Å². The minimum Gasteiger partial charge on any atom is -0.324 e. The Kier molecular flexibility index (Phi) is 5.33. The van der Waals surface area contributed by atoms with Gasteiger partial charge in [0.25, 0.3) is 0 Å². The van der Waals surface area contributed by atoms with Crippen molar-refractivity contribution in [3.05, 3.63) is 42.0 Å². The number of anilines is 1. The van der Waals surface area contributed by atoms with Gasteiger partial charge in [0, 0.05) is 50.7 Å². The van der Waals surface area contributed by atoms with E-state index >= 15 is 0 Å². The maximum absolute atomic E-state index is 12.6. The number of aromatic nitrogens is 3. The standard InChI is InChI=1S/C18H26N6O/c1-22(2)13-16-11-15(6-8-19-16)20-18(25)24-9-4-5-14(12-24)17-7-10-23(3)21-17/h6-8,10-11,14H,4-5,9,12-13H2,1-3H3,(H,19,20,25). The number of hydrogen-bond donors (Lipinski definition) is 1. The van der Waals surface area contributed by atoms with Crippen LogP contribution in [0.15, 0.2) is 30.6 Å². The molecule has 7 nitrogen and oxygen atoms in total. The van der Waals surface area contributed by atoms with Gasteiger partial charge in [-0.05, 0) is 45.1 Å². The number of carbonyl (C=O) groups excluding carboxylic acids is 1. The van der Waals surface area contributed by atoms with Gasteiger partial charge in [-0.3, -0.25) is 9.67 Å². The van der Waals surface area contributed by atoms with Gasteiger partial charge in [-0.15, -0.1) is 0 Å². The van der Waals surface area contributed by atoms with Crippen LogP contribution >= 0.6 is 0 Å². The molecule has 1 N–H and O–H groups in total. The number of nitrogens with one attached hydrogen (secondary N) is 1. The predicted octanol–water partition coefficient (Wildman–Crippen LogP) is 2.29. The van der Waals surface area contributed by atoms with E-state index in [9.17, 15) is 4.79 Å². The summed E-state index contributed by atoms with van der Waals surface area (Å²) in [6.07, 6.45) is 5.76. The molecular formula is C18H26N6O. The Hall–Kier alpha value is -2.41. The number of likely N-dealkylation sites (tertiary alicyclic amines) is 1. The molecule has 134 valence electrons. The fraction of sp³-hybridized carbons (Fsp3) is 0.500. The third-order valence-corrected chi connectivity index (χ3v) is 4.41. The van der Waals surface area contributed by atoms with E-state index < -0.39 is 0 Å². The quantitative estimate of drug-likeness (QED) is 0.926. The Morgan fingerprint density at radius 3 is 2.96 bits per heavy atom. The first kappa shape index (κ1) is 17.4. The average Bonchev–Trinajstić information content (AvgIpc) is 3.01. The molecule has 0 aromatic carbocycles. The minimum absolute atomic E-state index is 0.0531. The van der Waals surface area contributed by atoms with Crippen molar-refractivity contribution in [1.29, 1.82) is 0 Å². The number of piperidine rings is 1. The summed E-state index contributed by atoms with van der Waals surface area (Å²) >= 11 is 0. The third kappa shape index (κ3) is 4.57. The molecule has 2 amide bonds. The van der Waals surface area contributed by atoms with Gasteiger partial charge < -0.3 is 15.1 Å². The van der Waals surface area contributed by atoms with Crippen LogP contribution in [0.1, 0.15) is 30.1 Å². The molecule has 1 unspecified atom stereocenters. The first-order chi connectivity index (χ1) is 12.0. The third-order valence-electron chi connectivity index (χ3n) is 4.41. The number of aryl methyl sites for hydroxylation is 1. The van der Waals surface area contributed by atoms with Crippen LogP contribution in [0.4, 0.5) is 10.5 Å². The van der Waals surface area contributed by atoms with Gasteiger partial charge in [-0.1, -0.05) is 0 Å². The van der Waals surface area contributed by atoms with Crippen LogP contribution in [-0.4, -0.2) is 57.8 Å². The molecule has 0 radical (unpaired) electrons. The average molecular weight is 342 g/mol. The molecular weight excluding hydrogens is 316 g/mol. The van der Waals surface area contributed by atoms with Crippen LogP contribution in [-0.2, 0) is 13.6 Å². The van der Waals surface area contributed by atoms with E-state index in [4.69, 9.17) is 0 Å². The van der Waals surface area contributed by atoms with Gasteiger partial charge in [0.2, 0.25) is 0 Å². The van der Waals surface area contributed by atoms with Gasteiger partial charge in [-0.25, -0.2) is 4.79 Å². The van der Waals surface area contributed by atoms with E-state index in [-0.39, 0.29) is 6.03 Å². The second kappa shape index (κ2) is 7.65. The van der Waals surface area contributed by atoms with Gasteiger partial charge in [0.1, 0.15) is 0 Å². The lowest BCUT2D eigenvalue weighted by atomic mass is 9.95. The van der Waals surface area contributed by atoms with Crippen molar-refractivity contribution in [3.8, 4) is 0 Å². The highest BCUT2D eigenvalue weighted by Crippen LogP contribution is 2.26. The van der Waals surface area contributed by atoms with E-state index in [1.54, 1.807) is 6.20 Å². The summed E-state index contributed by atoms with van der Waals surface area (Å²) in [5, 5.41) is 7.50. The SMILES string of the molecule is CN(C)Cc1cc(NC(=O)N2CCCC(c3ccn(C)n3)C2)ccn1. The largest absolute Gasteiger partial charge is 0.324 e. The topological polar surface area (TPSA) is 66.3 Å². The zero-order valence-corrected chi connectivity index (χ0v) is 15.1. The summed E-state index contributed by atoms with van der Waals surface area (Å²) in [4.78, 5) is 20.9. The van der Waals surface area contributed by atoms with E-state index in [1.807, 2.05) is 55.1 Å². The molecule has 1 saturated heterocycles. The molecule has 1 aliphatic heterocycles. The Bertz CT molecular complexity index is 726. The Labute approximate surface area is 148 Å². The number of carbonyl (C=O) groups is 1. The number of urea groups is 1.